The molecule has 1 aromatic rings. The van der Waals surface area contributed by atoms with Crippen LogP contribution in [0.3, 0.4) is 0 Å². The standard InChI is InChI=1S/C16H27N3/c1-17-13-16(14-7-5-4-6-8-14)19(3)15-9-11-18(2)12-10-15/h4-8,15-17H,9-13H2,1-3H3. The summed E-state index contributed by atoms with van der Waals surface area (Å²) in [6, 6.07) is 12.0. The second-order valence-corrected chi connectivity index (χ2v) is 5.68. The zero-order chi connectivity index (χ0) is 13.7. The van der Waals surface area contributed by atoms with Crippen molar-refractivity contribution in [2.75, 3.05) is 40.8 Å². The molecule has 0 saturated carbocycles. The highest BCUT2D eigenvalue weighted by Crippen LogP contribution is 2.25. The van der Waals surface area contributed by atoms with E-state index in [2.05, 4.69) is 59.5 Å². The van der Waals surface area contributed by atoms with E-state index in [1.54, 1.807) is 0 Å². The Morgan fingerprint density at radius 2 is 1.89 bits per heavy atom. The van der Waals surface area contributed by atoms with E-state index >= 15 is 0 Å². The number of likely N-dealkylation sites (N-methyl/N-ethyl adjacent to an activating group) is 2. The lowest BCUT2D eigenvalue weighted by molar-refractivity contribution is 0.106. The van der Waals surface area contributed by atoms with E-state index in [1.165, 1.54) is 31.5 Å². The lowest BCUT2D eigenvalue weighted by Gasteiger charge is -2.39. The van der Waals surface area contributed by atoms with E-state index in [0.717, 1.165) is 6.54 Å². The Hall–Kier alpha value is -0.900. The van der Waals surface area contributed by atoms with Gasteiger partial charge < -0.3 is 10.2 Å². The van der Waals surface area contributed by atoms with Crippen LogP contribution in [0.15, 0.2) is 30.3 Å². The van der Waals surface area contributed by atoms with Crippen LogP contribution in [0.5, 0.6) is 0 Å². The lowest BCUT2D eigenvalue weighted by atomic mass is 9.98. The maximum Gasteiger partial charge on any atom is 0.0472 e. The van der Waals surface area contributed by atoms with Crippen LogP contribution in [-0.4, -0.2) is 56.6 Å². The van der Waals surface area contributed by atoms with Crippen LogP contribution in [0.2, 0.25) is 0 Å². The van der Waals surface area contributed by atoms with Crippen molar-refractivity contribution in [3.05, 3.63) is 35.9 Å². The van der Waals surface area contributed by atoms with Gasteiger partial charge >= 0.3 is 0 Å². The normalized spacial score (nSPS) is 19.8. The van der Waals surface area contributed by atoms with Gasteiger partial charge in [0, 0.05) is 18.6 Å². The third kappa shape index (κ3) is 3.78. The summed E-state index contributed by atoms with van der Waals surface area (Å²) in [5.41, 5.74) is 1.42. The topological polar surface area (TPSA) is 18.5 Å². The summed E-state index contributed by atoms with van der Waals surface area (Å²) in [6.45, 7) is 3.44. The fourth-order valence-corrected chi connectivity index (χ4v) is 3.02. The molecule has 3 heteroatoms. The molecule has 1 aliphatic rings. The molecule has 0 aromatic heterocycles. The summed E-state index contributed by atoms with van der Waals surface area (Å²) >= 11 is 0. The summed E-state index contributed by atoms with van der Waals surface area (Å²) in [4.78, 5) is 5.00. The molecule has 1 heterocycles. The van der Waals surface area contributed by atoms with Crippen molar-refractivity contribution >= 4 is 0 Å². The molecule has 1 aliphatic heterocycles. The Morgan fingerprint density at radius 3 is 2.47 bits per heavy atom. The van der Waals surface area contributed by atoms with E-state index in [0.29, 0.717) is 12.1 Å². The van der Waals surface area contributed by atoms with E-state index in [9.17, 15) is 0 Å². The second kappa shape index (κ2) is 7.04. The maximum absolute atomic E-state index is 3.34. The van der Waals surface area contributed by atoms with Gasteiger partial charge in [-0.25, -0.2) is 0 Å². The average Bonchev–Trinajstić information content (AvgIpc) is 2.46. The number of nitrogens with one attached hydrogen (secondary N) is 1. The fourth-order valence-electron chi connectivity index (χ4n) is 3.02. The molecule has 0 radical (unpaired) electrons. The molecule has 0 aliphatic carbocycles. The van der Waals surface area contributed by atoms with Crippen LogP contribution in [0, 0.1) is 0 Å². The minimum absolute atomic E-state index is 0.472. The molecule has 19 heavy (non-hydrogen) atoms. The number of piperidine rings is 1. The van der Waals surface area contributed by atoms with Crippen molar-refractivity contribution in [2.45, 2.75) is 24.9 Å². The van der Waals surface area contributed by atoms with E-state index in [-0.39, 0.29) is 0 Å². The number of rotatable bonds is 5. The highest BCUT2D eigenvalue weighted by molar-refractivity contribution is 5.19. The summed E-state index contributed by atoms with van der Waals surface area (Å²) in [5, 5.41) is 3.34. The minimum Gasteiger partial charge on any atom is -0.318 e. The van der Waals surface area contributed by atoms with E-state index in [4.69, 9.17) is 0 Å². The predicted molar refractivity (Wildman–Crippen MR) is 81.4 cm³/mol. The first-order valence-corrected chi connectivity index (χ1v) is 7.32. The Bertz CT molecular complexity index is 358. The molecular formula is C16H27N3. The van der Waals surface area contributed by atoms with E-state index < -0.39 is 0 Å². The number of hydrogen-bond donors (Lipinski definition) is 1. The first-order chi connectivity index (χ1) is 9.22. The molecule has 0 bridgehead atoms. The second-order valence-electron chi connectivity index (χ2n) is 5.68. The van der Waals surface area contributed by atoms with Gasteiger partial charge in [0.2, 0.25) is 0 Å². The predicted octanol–water partition coefficient (Wildman–Crippen LogP) is 1.97. The van der Waals surface area contributed by atoms with Gasteiger partial charge in [0.15, 0.2) is 0 Å². The zero-order valence-electron chi connectivity index (χ0n) is 12.5. The van der Waals surface area contributed by atoms with Crippen LogP contribution < -0.4 is 5.32 Å². The Morgan fingerprint density at radius 1 is 1.26 bits per heavy atom. The first-order valence-electron chi connectivity index (χ1n) is 7.32. The minimum atomic E-state index is 0.472. The summed E-state index contributed by atoms with van der Waals surface area (Å²) in [7, 11) is 6.54. The lowest BCUT2D eigenvalue weighted by Crippen LogP contribution is -2.45. The monoisotopic (exact) mass is 261 g/mol. The van der Waals surface area contributed by atoms with Gasteiger partial charge in [0.25, 0.3) is 0 Å². The molecule has 1 saturated heterocycles. The molecule has 1 N–H and O–H groups in total. The van der Waals surface area contributed by atoms with Gasteiger partial charge in [-0.15, -0.1) is 0 Å². The van der Waals surface area contributed by atoms with Crippen LogP contribution in [0.4, 0.5) is 0 Å². The van der Waals surface area contributed by atoms with Gasteiger partial charge in [-0.1, -0.05) is 30.3 Å². The van der Waals surface area contributed by atoms with Gasteiger partial charge in [-0.2, -0.15) is 0 Å². The SMILES string of the molecule is CNCC(c1ccccc1)N(C)C1CCN(C)CC1. The molecule has 3 nitrogen and oxygen atoms in total. The highest BCUT2D eigenvalue weighted by Gasteiger charge is 2.26. The molecule has 0 amide bonds. The van der Waals surface area contributed by atoms with Gasteiger partial charge in [0.05, 0.1) is 0 Å². The molecule has 0 spiro atoms. The summed E-state index contributed by atoms with van der Waals surface area (Å²) in [6.07, 6.45) is 2.56. The van der Waals surface area contributed by atoms with Crippen molar-refractivity contribution in [1.29, 1.82) is 0 Å². The van der Waals surface area contributed by atoms with E-state index in [1.807, 2.05) is 7.05 Å². The van der Waals surface area contributed by atoms with Crippen molar-refractivity contribution in [2.24, 2.45) is 0 Å². The molecule has 1 unspecified atom stereocenters. The van der Waals surface area contributed by atoms with Crippen molar-refractivity contribution in [3.8, 4) is 0 Å². The molecular weight excluding hydrogens is 234 g/mol. The van der Waals surface area contributed by atoms with Crippen LogP contribution in [0.25, 0.3) is 0 Å². The number of benzene rings is 1. The smallest absolute Gasteiger partial charge is 0.0472 e. The molecule has 1 atom stereocenters. The van der Waals surface area contributed by atoms with Gasteiger partial charge in [-0.3, -0.25) is 4.90 Å². The van der Waals surface area contributed by atoms with Crippen molar-refractivity contribution < 1.29 is 0 Å². The Labute approximate surface area is 117 Å². The first kappa shape index (κ1) is 14.5. The highest BCUT2D eigenvalue weighted by atomic mass is 15.2. The van der Waals surface area contributed by atoms with Gasteiger partial charge in [-0.05, 0) is 52.6 Å². The Balaban J connectivity index is 2.06. The number of likely N-dealkylation sites (tertiary alicyclic amines) is 1. The molecule has 1 aromatic carbocycles. The Kier molecular flexibility index (Phi) is 5.37. The largest absolute Gasteiger partial charge is 0.318 e. The molecule has 106 valence electrons. The summed E-state index contributed by atoms with van der Waals surface area (Å²) < 4.78 is 0. The number of nitrogens with zero attached hydrogens (tertiary/aromatic N) is 2. The van der Waals surface area contributed by atoms with Gasteiger partial charge in [0.1, 0.15) is 0 Å². The fraction of sp³-hybridized carbons (Fsp3) is 0.625. The van der Waals surface area contributed by atoms with Crippen molar-refractivity contribution in [3.63, 3.8) is 0 Å². The summed E-state index contributed by atoms with van der Waals surface area (Å²) in [5.74, 6) is 0. The van der Waals surface area contributed by atoms with Crippen LogP contribution in [0.1, 0.15) is 24.4 Å². The quantitative estimate of drug-likeness (QED) is 0.874. The maximum atomic E-state index is 3.34. The molecule has 2 rings (SSSR count). The third-order valence-electron chi connectivity index (χ3n) is 4.34. The van der Waals surface area contributed by atoms with Crippen molar-refractivity contribution in [1.82, 2.24) is 15.1 Å². The number of hydrogen-bond acceptors (Lipinski definition) is 3. The third-order valence-corrected chi connectivity index (χ3v) is 4.34. The molecule has 1 fully saturated rings. The zero-order valence-corrected chi connectivity index (χ0v) is 12.5. The van der Waals surface area contributed by atoms with Crippen LogP contribution >= 0.6 is 0 Å². The average molecular weight is 261 g/mol. The van der Waals surface area contributed by atoms with Crippen LogP contribution in [-0.2, 0) is 0 Å².